The van der Waals surface area contributed by atoms with E-state index in [0.29, 0.717) is 5.02 Å². The molecule has 1 saturated carbocycles. The Morgan fingerprint density at radius 1 is 1.07 bits per heavy atom. The van der Waals surface area contributed by atoms with Gasteiger partial charge in [-0.15, -0.1) is 0 Å². The van der Waals surface area contributed by atoms with Crippen LogP contribution in [-0.2, 0) is 10.4 Å². The number of aliphatic hydroxyl groups excluding tert-OH is 1. The largest absolute Gasteiger partial charge is 0.481 e. The molecule has 0 saturated heterocycles. The van der Waals surface area contributed by atoms with Crippen LogP contribution in [0, 0.1) is 5.92 Å². The smallest absolute Gasteiger partial charge is 0.300 e. The zero-order valence-electron chi connectivity index (χ0n) is 24.0. The monoisotopic (exact) mass is 603 g/mol. The summed E-state index contributed by atoms with van der Waals surface area (Å²) in [5.74, 6) is 2.47. The number of hydrogen-bond donors (Lipinski definition) is 3. The van der Waals surface area contributed by atoms with Gasteiger partial charge in [-0.1, -0.05) is 78.3 Å². The molecule has 0 spiro atoms. The first-order valence-corrected chi connectivity index (χ1v) is 15.7. The predicted molar refractivity (Wildman–Crippen MR) is 175 cm³/mol. The summed E-state index contributed by atoms with van der Waals surface area (Å²) in [4.78, 5) is 13.7. The van der Waals surface area contributed by atoms with Gasteiger partial charge in [-0.25, -0.2) is 4.98 Å². The van der Waals surface area contributed by atoms with E-state index in [0.717, 1.165) is 58.3 Å². The van der Waals surface area contributed by atoms with Crippen LogP contribution in [0.5, 0.6) is 0 Å². The number of aliphatic hydroxyl groups is 2. The van der Waals surface area contributed by atoms with Crippen molar-refractivity contribution >= 4 is 52.4 Å². The molecular formula is C35H38ClNO4S. The molecule has 42 heavy (non-hydrogen) atoms. The normalized spacial score (nSPS) is 15.2. The minimum Gasteiger partial charge on any atom is -0.481 e. The number of halogens is 1. The Kier molecular flexibility index (Phi) is 11.2. The van der Waals surface area contributed by atoms with Gasteiger partial charge in [-0.05, 0) is 90.1 Å². The fourth-order valence-electron chi connectivity index (χ4n) is 4.87. The topological polar surface area (TPSA) is 90.7 Å². The molecule has 0 radical (unpaired) electrons. The lowest BCUT2D eigenvalue weighted by atomic mass is 9.81. The van der Waals surface area contributed by atoms with Crippen LogP contribution in [0.3, 0.4) is 0 Å². The number of aromatic nitrogens is 1. The van der Waals surface area contributed by atoms with Crippen LogP contribution in [0.1, 0.15) is 67.0 Å². The fraction of sp³-hybridized carbons (Fsp3) is 0.314. The molecule has 1 aliphatic carbocycles. The number of benzene rings is 3. The molecule has 4 aromatic rings. The lowest BCUT2D eigenvalue weighted by molar-refractivity contribution is -0.134. The van der Waals surface area contributed by atoms with Gasteiger partial charge in [0.15, 0.2) is 0 Å². The minimum atomic E-state index is -1.29. The van der Waals surface area contributed by atoms with Crippen molar-refractivity contribution in [2.24, 2.45) is 5.92 Å². The zero-order valence-corrected chi connectivity index (χ0v) is 25.6. The Morgan fingerprint density at radius 3 is 2.55 bits per heavy atom. The van der Waals surface area contributed by atoms with Crippen molar-refractivity contribution in [1.29, 1.82) is 0 Å². The molecule has 220 valence electrons. The Hall–Kier alpha value is -3.16. The second-order valence-electron chi connectivity index (χ2n) is 11.0. The number of carboxylic acids is 1. The maximum atomic E-state index is 11.0. The summed E-state index contributed by atoms with van der Waals surface area (Å²) in [5.41, 5.74) is 4.63. The molecule has 7 heteroatoms. The SMILES string of the molecule is CC(=O)O.C[C@](O)(CO)c1ccccc1[C@H](CCSCC1CC1)c1cccc(C=Cc2ccc3ccc(Cl)cc3n2)c1. The number of nitrogens with zero attached hydrogens (tertiary/aromatic N) is 1. The average Bonchev–Trinajstić information content (AvgIpc) is 3.80. The molecule has 3 N–H and O–H groups in total. The van der Waals surface area contributed by atoms with Gasteiger partial charge in [-0.3, -0.25) is 4.79 Å². The average molecular weight is 604 g/mol. The zero-order chi connectivity index (χ0) is 30.1. The van der Waals surface area contributed by atoms with Crippen LogP contribution < -0.4 is 0 Å². The van der Waals surface area contributed by atoms with Crippen molar-refractivity contribution in [3.8, 4) is 0 Å². The number of rotatable bonds is 11. The number of fused-ring (bicyclic) bond motifs is 1. The fourth-order valence-corrected chi connectivity index (χ4v) is 6.28. The molecule has 0 bridgehead atoms. The third-order valence-electron chi connectivity index (χ3n) is 7.26. The van der Waals surface area contributed by atoms with Crippen molar-refractivity contribution < 1.29 is 20.1 Å². The molecule has 3 aromatic carbocycles. The van der Waals surface area contributed by atoms with Gasteiger partial charge in [0.25, 0.3) is 5.97 Å². The maximum Gasteiger partial charge on any atom is 0.300 e. The van der Waals surface area contributed by atoms with Crippen LogP contribution in [0.25, 0.3) is 23.1 Å². The van der Waals surface area contributed by atoms with Crippen molar-refractivity contribution in [3.05, 3.63) is 112 Å². The Labute approximate surface area is 257 Å². The summed E-state index contributed by atoms with van der Waals surface area (Å²) in [6.45, 7) is 2.45. The number of pyridine rings is 1. The molecular weight excluding hydrogens is 566 g/mol. The standard InChI is InChI=1S/C33H34ClNO2S.C2H4O2/c1-33(37,22-36)31-8-3-2-7-30(31)29(17-18-38-21-24-9-10-24)26-6-4-5-23(19-26)11-15-28-16-13-25-12-14-27(34)20-32(25)35-28;1-2(3)4/h2-8,11-16,19-20,24,29,36-37H,9-10,17-18,21-22H2,1H3;1H3,(H,3,4)/t29-,33+;/m1./s1. The van der Waals surface area contributed by atoms with Gasteiger partial charge in [0.1, 0.15) is 5.60 Å². The van der Waals surface area contributed by atoms with Gasteiger partial charge in [0, 0.05) is 23.3 Å². The molecule has 1 aromatic heterocycles. The highest BCUT2D eigenvalue weighted by Crippen LogP contribution is 2.38. The van der Waals surface area contributed by atoms with Gasteiger partial charge < -0.3 is 15.3 Å². The first-order valence-electron chi connectivity index (χ1n) is 14.2. The van der Waals surface area contributed by atoms with E-state index >= 15 is 0 Å². The summed E-state index contributed by atoms with van der Waals surface area (Å²) >= 11 is 8.20. The van der Waals surface area contributed by atoms with Gasteiger partial charge in [-0.2, -0.15) is 11.8 Å². The molecule has 5 rings (SSSR count). The van der Waals surface area contributed by atoms with Crippen LogP contribution in [0.15, 0.2) is 78.9 Å². The Bertz CT molecular complexity index is 1530. The van der Waals surface area contributed by atoms with Crippen molar-refractivity contribution in [1.82, 2.24) is 4.98 Å². The molecule has 0 aliphatic heterocycles. The molecule has 5 nitrogen and oxygen atoms in total. The van der Waals surface area contributed by atoms with E-state index in [1.165, 1.54) is 24.2 Å². The van der Waals surface area contributed by atoms with Gasteiger partial charge >= 0.3 is 0 Å². The highest BCUT2D eigenvalue weighted by atomic mass is 35.5. The second-order valence-corrected chi connectivity index (χ2v) is 12.6. The van der Waals surface area contributed by atoms with E-state index in [1.54, 1.807) is 6.92 Å². The molecule has 0 amide bonds. The summed E-state index contributed by atoms with van der Waals surface area (Å²) in [5, 5.41) is 30.1. The molecule has 1 aliphatic rings. The van der Waals surface area contributed by atoms with Crippen LogP contribution in [0.2, 0.25) is 5.02 Å². The van der Waals surface area contributed by atoms with E-state index in [9.17, 15) is 10.2 Å². The quantitative estimate of drug-likeness (QED) is 0.150. The Morgan fingerprint density at radius 2 is 1.81 bits per heavy atom. The summed E-state index contributed by atoms with van der Waals surface area (Å²) in [6.07, 6.45) is 7.83. The Balaban J connectivity index is 0.000000952. The third-order valence-corrected chi connectivity index (χ3v) is 8.73. The van der Waals surface area contributed by atoms with Gasteiger partial charge in [0.05, 0.1) is 17.8 Å². The van der Waals surface area contributed by atoms with Crippen LogP contribution in [0.4, 0.5) is 0 Å². The summed E-state index contributed by atoms with van der Waals surface area (Å²) < 4.78 is 0. The highest BCUT2D eigenvalue weighted by Gasteiger charge is 2.29. The first kappa shape index (κ1) is 31.8. The van der Waals surface area contributed by atoms with Crippen molar-refractivity contribution in [3.63, 3.8) is 0 Å². The predicted octanol–water partition coefficient (Wildman–Crippen LogP) is 8.01. The third kappa shape index (κ3) is 9.17. The first-order chi connectivity index (χ1) is 20.2. The molecule has 0 unspecified atom stereocenters. The summed E-state index contributed by atoms with van der Waals surface area (Å²) in [7, 11) is 0. The maximum absolute atomic E-state index is 11.0. The van der Waals surface area contributed by atoms with E-state index in [-0.39, 0.29) is 12.5 Å². The van der Waals surface area contributed by atoms with Crippen molar-refractivity contribution in [2.75, 3.05) is 18.1 Å². The number of thioether (sulfide) groups is 1. The van der Waals surface area contributed by atoms with E-state index < -0.39 is 11.6 Å². The van der Waals surface area contributed by atoms with E-state index in [4.69, 9.17) is 26.5 Å². The number of carboxylic acid groups (broad SMARTS) is 1. The number of carbonyl (C=O) groups is 1. The van der Waals surface area contributed by atoms with Crippen LogP contribution in [-0.4, -0.2) is 44.4 Å². The summed E-state index contributed by atoms with van der Waals surface area (Å²) in [6, 6.07) is 26.4. The molecule has 1 fully saturated rings. The van der Waals surface area contributed by atoms with E-state index in [1.807, 2.05) is 60.3 Å². The van der Waals surface area contributed by atoms with Gasteiger partial charge in [0.2, 0.25) is 0 Å². The number of hydrogen-bond acceptors (Lipinski definition) is 5. The van der Waals surface area contributed by atoms with Crippen molar-refractivity contribution in [2.45, 2.75) is 44.6 Å². The molecule has 1 heterocycles. The lowest BCUT2D eigenvalue weighted by Gasteiger charge is -2.28. The lowest BCUT2D eigenvalue weighted by Crippen LogP contribution is -2.28. The second kappa shape index (κ2) is 14.8. The number of aliphatic carboxylic acids is 1. The minimum absolute atomic E-state index is 0.116. The van der Waals surface area contributed by atoms with Crippen LogP contribution >= 0.6 is 23.4 Å². The molecule has 2 atom stereocenters. The van der Waals surface area contributed by atoms with E-state index in [2.05, 4.69) is 42.5 Å². The highest BCUT2D eigenvalue weighted by molar-refractivity contribution is 7.99.